The van der Waals surface area contributed by atoms with Crippen molar-refractivity contribution < 1.29 is 28.7 Å². The summed E-state index contributed by atoms with van der Waals surface area (Å²) in [5.41, 5.74) is 5.50. The standard InChI is InChI=1S/C41H28Cl2N2O6/c1-22-10-12-24(13-11-22)41(50)51-26-17-14-23(15-18-26)33(46)21-44(38(47)25-16-19-31(42)32(43)20-25)45-39(48)36-34-27-6-2-3-7-28(27)35(37(36)40(45)49)30-9-5-4-8-29(30)34/h2-20,34-37H,21H2,1H3/t34?,35?,36-,37-/m0/s1. The number of hydrogen-bond donors (Lipinski definition) is 0. The number of carbonyl (C=O) groups is 5. The second kappa shape index (κ2) is 12.6. The molecule has 0 unspecified atom stereocenters. The number of nitrogens with zero attached hydrogens (tertiary/aromatic N) is 2. The van der Waals surface area contributed by atoms with Crippen molar-refractivity contribution in [2.75, 3.05) is 6.54 Å². The summed E-state index contributed by atoms with van der Waals surface area (Å²) >= 11 is 12.4. The molecule has 1 heterocycles. The highest BCUT2D eigenvalue weighted by Crippen LogP contribution is 2.61. The Morgan fingerprint density at radius 3 is 1.65 bits per heavy atom. The maximum Gasteiger partial charge on any atom is 0.343 e. The van der Waals surface area contributed by atoms with Crippen molar-refractivity contribution >= 4 is 52.7 Å². The van der Waals surface area contributed by atoms with E-state index in [2.05, 4.69) is 0 Å². The van der Waals surface area contributed by atoms with E-state index in [-0.39, 0.29) is 26.9 Å². The third-order valence-corrected chi connectivity index (χ3v) is 10.8. The average Bonchev–Trinajstić information content (AvgIpc) is 3.41. The van der Waals surface area contributed by atoms with Gasteiger partial charge in [0.05, 0.1) is 27.4 Å². The number of Topliss-reactive ketones (excluding diaryl/α,β-unsaturated/α-hetero) is 1. The van der Waals surface area contributed by atoms with E-state index in [1.54, 1.807) is 24.3 Å². The Morgan fingerprint density at radius 1 is 0.647 bits per heavy atom. The summed E-state index contributed by atoms with van der Waals surface area (Å²) in [6, 6.07) is 32.6. The largest absolute Gasteiger partial charge is 0.423 e. The van der Waals surface area contributed by atoms with Gasteiger partial charge in [-0.25, -0.2) is 9.80 Å². The van der Waals surface area contributed by atoms with Gasteiger partial charge in [0.1, 0.15) is 12.3 Å². The number of hydrogen-bond acceptors (Lipinski definition) is 6. The predicted molar refractivity (Wildman–Crippen MR) is 190 cm³/mol. The molecule has 4 aliphatic rings. The van der Waals surface area contributed by atoms with Crippen LogP contribution in [0.1, 0.15) is 70.7 Å². The van der Waals surface area contributed by atoms with Gasteiger partial charge < -0.3 is 4.74 Å². The highest BCUT2D eigenvalue weighted by Gasteiger charge is 2.63. The van der Waals surface area contributed by atoms with Crippen LogP contribution in [0.5, 0.6) is 5.75 Å². The summed E-state index contributed by atoms with van der Waals surface area (Å²) in [6.45, 7) is 1.28. The number of ketones is 1. The first-order valence-electron chi connectivity index (χ1n) is 16.4. The molecule has 0 N–H and O–H groups in total. The molecule has 0 radical (unpaired) electrons. The average molecular weight is 716 g/mol. The normalized spacial score (nSPS) is 19.6. The van der Waals surface area contributed by atoms with Crippen LogP contribution in [0.4, 0.5) is 0 Å². The summed E-state index contributed by atoms with van der Waals surface area (Å²) in [7, 11) is 0. The fourth-order valence-corrected chi connectivity index (χ4v) is 8.00. The topological polar surface area (TPSA) is 101 Å². The lowest BCUT2D eigenvalue weighted by atomic mass is 9.55. The lowest BCUT2D eigenvalue weighted by Crippen LogP contribution is -2.52. The molecule has 252 valence electrons. The van der Waals surface area contributed by atoms with Crippen molar-refractivity contribution in [1.29, 1.82) is 0 Å². The molecule has 9 rings (SSSR count). The molecular formula is C41H28Cl2N2O6. The Hall–Kier alpha value is -5.57. The minimum absolute atomic E-state index is 0.0422. The number of carbonyl (C=O) groups excluding carboxylic acids is 5. The zero-order valence-corrected chi connectivity index (χ0v) is 28.6. The summed E-state index contributed by atoms with van der Waals surface area (Å²) in [6.07, 6.45) is 0. The maximum atomic E-state index is 14.6. The molecule has 51 heavy (non-hydrogen) atoms. The number of hydrazine groups is 1. The van der Waals surface area contributed by atoms with Gasteiger partial charge in [0.15, 0.2) is 5.78 Å². The molecule has 2 bridgehead atoms. The Labute approximate surface area is 303 Å². The Bertz CT molecular complexity index is 2170. The number of rotatable bonds is 7. The van der Waals surface area contributed by atoms with E-state index in [1.165, 1.54) is 42.5 Å². The van der Waals surface area contributed by atoms with Gasteiger partial charge in [-0.2, -0.15) is 5.01 Å². The molecule has 5 aromatic rings. The van der Waals surface area contributed by atoms with Crippen LogP contribution < -0.4 is 4.74 Å². The molecule has 8 nitrogen and oxygen atoms in total. The third kappa shape index (κ3) is 5.42. The SMILES string of the molecule is Cc1ccc(C(=O)Oc2ccc(C(=O)CN(C(=O)c3ccc(Cl)c(Cl)c3)N3C(=O)[C@H]4C5c6ccccc6C(c6ccccc65)[C@@H]4C3=O)cc2)cc1. The molecule has 1 aliphatic heterocycles. The molecule has 1 fully saturated rings. The summed E-state index contributed by atoms with van der Waals surface area (Å²) in [4.78, 5) is 69.9. The van der Waals surface area contributed by atoms with Crippen LogP contribution in [0.15, 0.2) is 115 Å². The molecule has 2 atom stereocenters. The van der Waals surface area contributed by atoms with Gasteiger partial charge in [0, 0.05) is 23.0 Å². The van der Waals surface area contributed by atoms with Crippen LogP contribution in [0.2, 0.25) is 10.0 Å². The van der Waals surface area contributed by atoms with Crippen LogP contribution in [0.25, 0.3) is 0 Å². The van der Waals surface area contributed by atoms with Gasteiger partial charge in [0.25, 0.3) is 17.7 Å². The van der Waals surface area contributed by atoms with Gasteiger partial charge in [-0.05, 0) is 83.8 Å². The molecular weight excluding hydrogens is 687 g/mol. The second-order valence-electron chi connectivity index (χ2n) is 12.9. The van der Waals surface area contributed by atoms with E-state index in [0.29, 0.717) is 5.56 Å². The van der Waals surface area contributed by atoms with Crippen molar-refractivity contribution in [3.05, 3.63) is 170 Å². The minimum atomic E-state index is -0.770. The fourth-order valence-electron chi connectivity index (χ4n) is 7.70. The minimum Gasteiger partial charge on any atom is -0.423 e. The fraction of sp³-hybridized carbons (Fsp3) is 0.146. The lowest BCUT2D eigenvalue weighted by molar-refractivity contribution is -0.154. The number of benzene rings is 5. The number of halogens is 2. The van der Waals surface area contributed by atoms with E-state index >= 15 is 0 Å². The van der Waals surface area contributed by atoms with Gasteiger partial charge in [-0.15, -0.1) is 0 Å². The van der Waals surface area contributed by atoms with Crippen LogP contribution >= 0.6 is 23.2 Å². The summed E-state index contributed by atoms with van der Waals surface area (Å²) < 4.78 is 5.48. The third-order valence-electron chi connectivity index (χ3n) is 10.0. The Kier molecular flexibility index (Phi) is 8.08. The quantitative estimate of drug-likeness (QED) is 0.0743. The number of ether oxygens (including phenoxy) is 1. The van der Waals surface area contributed by atoms with Gasteiger partial charge >= 0.3 is 5.97 Å². The van der Waals surface area contributed by atoms with Crippen LogP contribution in [-0.2, 0) is 9.59 Å². The Morgan fingerprint density at radius 2 is 1.14 bits per heavy atom. The number of aryl methyl sites for hydroxylation is 1. The zero-order chi connectivity index (χ0) is 35.6. The van der Waals surface area contributed by atoms with E-state index in [4.69, 9.17) is 27.9 Å². The molecule has 0 aromatic heterocycles. The molecule has 10 heteroatoms. The van der Waals surface area contributed by atoms with E-state index in [9.17, 15) is 24.0 Å². The first-order chi connectivity index (χ1) is 24.6. The number of imide groups is 1. The maximum absolute atomic E-state index is 14.6. The van der Waals surface area contributed by atoms with Crippen LogP contribution in [0, 0.1) is 18.8 Å². The lowest BCUT2D eigenvalue weighted by Gasteiger charge is -2.45. The van der Waals surface area contributed by atoms with Gasteiger partial charge in [0.2, 0.25) is 0 Å². The molecule has 0 spiro atoms. The van der Waals surface area contributed by atoms with Crippen LogP contribution in [-0.4, -0.2) is 46.0 Å². The molecule has 1 saturated heterocycles. The summed E-state index contributed by atoms with van der Waals surface area (Å²) in [5.74, 6) is -5.11. The van der Waals surface area contributed by atoms with Crippen molar-refractivity contribution in [2.24, 2.45) is 11.8 Å². The highest BCUT2D eigenvalue weighted by atomic mass is 35.5. The second-order valence-corrected chi connectivity index (χ2v) is 13.8. The first kappa shape index (κ1) is 32.6. The van der Waals surface area contributed by atoms with Crippen molar-refractivity contribution in [3.8, 4) is 5.75 Å². The number of amides is 3. The zero-order valence-electron chi connectivity index (χ0n) is 27.1. The van der Waals surface area contributed by atoms with Crippen molar-refractivity contribution in [3.63, 3.8) is 0 Å². The highest BCUT2D eigenvalue weighted by molar-refractivity contribution is 6.42. The molecule has 0 saturated carbocycles. The first-order valence-corrected chi connectivity index (χ1v) is 17.1. The Balaban J connectivity index is 1.12. The van der Waals surface area contributed by atoms with Gasteiger partial charge in [-0.3, -0.25) is 19.2 Å². The smallest absolute Gasteiger partial charge is 0.343 e. The molecule has 5 aromatic carbocycles. The van der Waals surface area contributed by atoms with E-state index in [1.807, 2.05) is 55.5 Å². The van der Waals surface area contributed by atoms with Crippen molar-refractivity contribution in [2.45, 2.75) is 18.8 Å². The van der Waals surface area contributed by atoms with Crippen molar-refractivity contribution in [1.82, 2.24) is 10.0 Å². The molecule has 3 amide bonds. The van der Waals surface area contributed by atoms with Crippen LogP contribution in [0.3, 0.4) is 0 Å². The number of esters is 1. The monoisotopic (exact) mass is 714 g/mol. The van der Waals surface area contributed by atoms with E-state index in [0.717, 1.165) is 37.8 Å². The molecule has 3 aliphatic carbocycles. The summed E-state index contributed by atoms with van der Waals surface area (Å²) in [5, 5.41) is 2.10. The predicted octanol–water partition coefficient (Wildman–Crippen LogP) is 7.65. The van der Waals surface area contributed by atoms with E-state index < -0.39 is 59.7 Å². The van der Waals surface area contributed by atoms with Gasteiger partial charge in [-0.1, -0.05) is 89.4 Å².